The molecule has 7 nitrogen and oxygen atoms in total. The summed E-state index contributed by atoms with van der Waals surface area (Å²) in [7, 11) is 0. The van der Waals surface area contributed by atoms with Gasteiger partial charge >= 0.3 is 54.4 Å². The second-order valence-corrected chi connectivity index (χ2v) is 6.36. The summed E-state index contributed by atoms with van der Waals surface area (Å²) in [6.45, 7) is 0.702. The van der Waals surface area contributed by atoms with Crippen molar-refractivity contribution in [3.63, 3.8) is 0 Å². The molecule has 1 unspecified atom stereocenters. The van der Waals surface area contributed by atoms with Crippen molar-refractivity contribution in [1.82, 2.24) is 5.32 Å². The van der Waals surface area contributed by atoms with Crippen molar-refractivity contribution in [2.24, 2.45) is 0 Å². The first-order valence-corrected chi connectivity index (χ1v) is 8.84. The largest absolute Gasteiger partial charge is 0.490 e. The zero-order chi connectivity index (χ0) is 16.8. The van der Waals surface area contributed by atoms with Gasteiger partial charge in [-0.1, -0.05) is 11.6 Å². The Morgan fingerprint density at radius 2 is 2.09 bits per heavy atom. The zero-order valence-corrected chi connectivity index (χ0v) is 16.1. The SMILES string of the molecule is N#[C][K].O=C1CC2(C(=O)N1)C(=O)N1CCOc3ccc(Cl)c2c31. The Bertz CT molecular complexity index is 791. The number of nitrogens with zero attached hydrogens (tertiary/aromatic N) is 2. The number of anilines is 1. The Balaban J connectivity index is 0.000000485. The number of rotatable bonds is 0. The molecule has 0 aliphatic carbocycles. The van der Waals surface area contributed by atoms with E-state index in [1.54, 1.807) is 12.1 Å². The van der Waals surface area contributed by atoms with E-state index in [-0.39, 0.29) is 6.42 Å². The number of imide groups is 1. The molecule has 0 bridgehead atoms. The molecule has 0 saturated carbocycles. The summed E-state index contributed by atoms with van der Waals surface area (Å²) < 4.78 is 7.45. The molecule has 112 valence electrons. The Labute approximate surface area is 170 Å². The number of nitriles is 1. The van der Waals surface area contributed by atoms with Crippen LogP contribution < -0.4 is 15.0 Å². The summed E-state index contributed by atoms with van der Waals surface area (Å²) in [6, 6.07) is 3.27. The fourth-order valence-corrected chi connectivity index (χ4v) is 3.52. The third-order valence-corrected chi connectivity index (χ3v) is 4.35. The smallest absolute Gasteiger partial charge is 0.248 e. The predicted octanol–water partition coefficient (Wildman–Crippen LogP) is -0.000720. The number of carbonyl (C=O) groups excluding carboxylic acids is 3. The zero-order valence-electron chi connectivity index (χ0n) is 12.2. The van der Waals surface area contributed by atoms with Gasteiger partial charge in [0.15, 0.2) is 5.41 Å². The van der Waals surface area contributed by atoms with Crippen molar-refractivity contribution in [2.75, 3.05) is 18.1 Å². The molecule has 1 fully saturated rings. The van der Waals surface area contributed by atoms with E-state index < -0.39 is 23.1 Å². The monoisotopic (exact) mass is 357 g/mol. The fourth-order valence-electron chi connectivity index (χ4n) is 3.21. The van der Waals surface area contributed by atoms with E-state index in [1.165, 1.54) is 4.90 Å². The molecule has 1 spiro atoms. The summed E-state index contributed by atoms with van der Waals surface area (Å²) in [5.74, 6) is -0.934. The first kappa shape index (κ1) is 16.9. The van der Waals surface area contributed by atoms with Crippen LogP contribution in [0.15, 0.2) is 12.1 Å². The van der Waals surface area contributed by atoms with Gasteiger partial charge in [0.2, 0.25) is 17.7 Å². The maximum atomic E-state index is 12.7. The normalized spacial score (nSPS) is 23.7. The van der Waals surface area contributed by atoms with Gasteiger partial charge in [-0.3, -0.25) is 19.7 Å². The van der Waals surface area contributed by atoms with Crippen LogP contribution in [0.1, 0.15) is 12.0 Å². The van der Waals surface area contributed by atoms with Crippen LogP contribution >= 0.6 is 11.6 Å². The van der Waals surface area contributed by atoms with Crippen LogP contribution in [0.2, 0.25) is 5.02 Å². The number of carbonyl (C=O) groups is 3. The van der Waals surface area contributed by atoms with E-state index in [1.807, 2.05) is 0.164 Å². The number of fused-ring (bicyclic) bond motifs is 1. The van der Waals surface area contributed by atoms with Crippen LogP contribution in [0.3, 0.4) is 0 Å². The van der Waals surface area contributed by atoms with Gasteiger partial charge in [-0.15, -0.1) is 0 Å². The van der Waals surface area contributed by atoms with Crippen LogP contribution in [0.4, 0.5) is 5.69 Å². The third kappa shape index (κ3) is 2.35. The molecule has 3 aliphatic rings. The Hall–Kier alpha value is -0.954. The van der Waals surface area contributed by atoms with E-state index in [9.17, 15) is 14.4 Å². The van der Waals surface area contributed by atoms with Gasteiger partial charge in [0, 0.05) is 10.6 Å². The minimum Gasteiger partial charge on any atom is -0.490 e. The summed E-state index contributed by atoms with van der Waals surface area (Å²) in [5, 5.41) is 9.91. The summed E-state index contributed by atoms with van der Waals surface area (Å²) >= 11 is 6.62. The molecule has 1 atom stereocenters. The number of amides is 3. The van der Waals surface area contributed by atoms with E-state index >= 15 is 0 Å². The van der Waals surface area contributed by atoms with Crippen LogP contribution in [-0.4, -0.2) is 79.8 Å². The van der Waals surface area contributed by atoms with E-state index in [4.69, 9.17) is 21.6 Å². The molecular formula is C14H9ClKN3O4. The molecule has 3 amide bonds. The van der Waals surface area contributed by atoms with Gasteiger partial charge in [-0.2, -0.15) is 0 Å². The van der Waals surface area contributed by atoms with Gasteiger partial charge in [-0.05, 0) is 12.1 Å². The predicted molar refractivity (Wildman–Crippen MR) is 80.1 cm³/mol. The number of hydrogen-bond donors (Lipinski definition) is 1. The molecule has 3 aliphatic heterocycles. The minimum atomic E-state index is -1.52. The van der Waals surface area contributed by atoms with Crippen molar-refractivity contribution in [2.45, 2.75) is 11.8 Å². The van der Waals surface area contributed by atoms with Crippen molar-refractivity contribution >= 4 is 84.0 Å². The van der Waals surface area contributed by atoms with Gasteiger partial charge in [0.1, 0.15) is 12.4 Å². The first-order chi connectivity index (χ1) is 11.0. The number of benzene rings is 1. The molecule has 4 rings (SSSR count). The van der Waals surface area contributed by atoms with Gasteiger partial charge in [-0.25, -0.2) is 0 Å². The average Bonchev–Trinajstić information content (AvgIpc) is 2.94. The fraction of sp³-hybridized carbons (Fsp3) is 0.286. The molecule has 3 heterocycles. The van der Waals surface area contributed by atoms with Gasteiger partial charge in [0.25, 0.3) is 0 Å². The van der Waals surface area contributed by atoms with Crippen LogP contribution in [0.25, 0.3) is 0 Å². The Kier molecular flexibility index (Phi) is 4.53. The van der Waals surface area contributed by atoms with Crippen molar-refractivity contribution in [3.05, 3.63) is 22.7 Å². The first-order valence-electron chi connectivity index (χ1n) is 6.90. The number of hydrogen-bond acceptors (Lipinski definition) is 5. The summed E-state index contributed by atoms with van der Waals surface area (Å²) in [5.41, 5.74) is -0.601. The Morgan fingerprint density at radius 1 is 1.39 bits per heavy atom. The standard InChI is InChI=1S/C13H9ClN2O4.CN.K/c14-6-1-2-7-10-9(6)13(5-8(17)15-11(13)18)12(19)16(10)3-4-20-7;1-2;/h1-2H,3-5H2,(H,15,17,18);;. The summed E-state index contributed by atoms with van der Waals surface area (Å²) in [4.78, 5) is 38.1. The molecule has 23 heavy (non-hydrogen) atoms. The van der Waals surface area contributed by atoms with Crippen LogP contribution in [0, 0.1) is 5.43 Å². The van der Waals surface area contributed by atoms with Gasteiger partial charge < -0.3 is 9.64 Å². The third-order valence-electron chi connectivity index (χ3n) is 4.04. The molecular weight excluding hydrogens is 349 g/mol. The molecule has 0 aromatic heterocycles. The molecule has 0 radical (unpaired) electrons. The minimum absolute atomic E-state index is 0.197. The molecule has 1 aromatic carbocycles. The summed E-state index contributed by atoms with van der Waals surface area (Å²) in [6.07, 6.45) is -0.197. The van der Waals surface area contributed by atoms with Gasteiger partial charge in [0.05, 0.1) is 18.7 Å². The van der Waals surface area contributed by atoms with E-state index in [2.05, 4.69) is 5.32 Å². The maximum Gasteiger partial charge on any atom is 0.248 e. The number of ether oxygens (including phenoxy) is 1. The molecule has 1 saturated heterocycles. The molecule has 1 N–H and O–H groups in total. The van der Waals surface area contributed by atoms with Crippen molar-refractivity contribution < 1.29 is 19.1 Å². The van der Waals surface area contributed by atoms with Crippen LogP contribution in [0.5, 0.6) is 5.75 Å². The Morgan fingerprint density at radius 3 is 2.70 bits per heavy atom. The topological polar surface area (TPSA) is 99.5 Å². The second-order valence-electron chi connectivity index (χ2n) is 5.26. The van der Waals surface area contributed by atoms with Crippen molar-refractivity contribution in [1.29, 1.82) is 5.26 Å². The van der Waals surface area contributed by atoms with Crippen molar-refractivity contribution in [3.8, 4) is 5.91 Å². The number of nitrogens with one attached hydrogen (secondary N) is 1. The quantitative estimate of drug-likeness (QED) is 0.400. The molecule has 9 heteroatoms. The molecule has 1 aromatic rings. The maximum absolute atomic E-state index is 12.7. The number of halogens is 1. The second kappa shape index (κ2) is 6.16. The van der Waals surface area contributed by atoms with Crippen LogP contribution in [-0.2, 0) is 19.8 Å². The van der Waals surface area contributed by atoms with E-state index in [0.29, 0.717) is 84.1 Å². The van der Waals surface area contributed by atoms with E-state index in [0.717, 1.165) is 0 Å². The average molecular weight is 358 g/mol.